The van der Waals surface area contributed by atoms with Gasteiger partial charge in [0, 0.05) is 6.61 Å². The first-order valence-electron chi connectivity index (χ1n) is 8.47. The lowest BCUT2D eigenvalue weighted by molar-refractivity contribution is -0.291. The van der Waals surface area contributed by atoms with Gasteiger partial charge in [0.25, 0.3) is 0 Å². The Kier molecular flexibility index (Phi) is 12.1. The molecular weight excluding hydrogens is 288 g/mol. The Morgan fingerprint density at radius 2 is 1.23 bits per heavy atom. The van der Waals surface area contributed by atoms with E-state index in [-0.39, 0.29) is 19.4 Å². The lowest BCUT2D eigenvalue weighted by Gasteiger charge is -2.34. The molecule has 3 atom stereocenters. The van der Waals surface area contributed by atoms with Crippen molar-refractivity contribution in [3.8, 4) is 0 Å². The van der Waals surface area contributed by atoms with Crippen LogP contribution in [0, 0.1) is 0 Å². The first kappa shape index (κ1) is 21.8. The van der Waals surface area contributed by atoms with Gasteiger partial charge in [-0.15, -0.1) is 0 Å². The number of unbranched alkanes of at least 4 members (excludes halogenated alkanes) is 7. The van der Waals surface area contributed by atoms with Crippen molar-refractivity contribution in [2.45, 2.75) is 95.2 Å². The summed E-state index contributed by atoms with van der Waals surface area (Å²) in [6, 6.07) is 0. The average molecular weight is 322 g/mol. The summed E-state index contributed by atoms with van der Waals surface area (Å²) in [6.07, 6.45) is 3.70. The summed E-state index contributed by atoms with van der Waals surface area (Å²) < 4.78 is 0. The van der Waals surface area contributed by atoms with E-state index in [4.69, 9.17) is 5.11 Å². The molecule has 134 valence electrons. The Morgan fingerprint density at radius 3 is 1.68 bits per heavy atom. The third-order valence-electron chi connectivity index (χ3n) is 4.08. The molecule has 0 aromatic carbocycles. The molecule has 6 heteroatoms. The molecule has 0 bridgehead atoms. The van der Waals surface area contributed by atoms with Crippen molar-refractivity contribution in [2.75, 3.05) is 6.61 Å². The lowest BCUT2D eigenvalue weighted by Crippen LogP contribution is -2.56. The van der Waals surface area contributed by atoms with E-state index in [0.29, 0.717) is 6.42 Å². The van der Waals surface area contributed by atoms with Gasteiger partial charge in [-0.2, -0.15) is 0 Å². The molecule has 0 aromatic rings. The summed E-state index contributed by atoms with van der Waals surface area (Å²) in [5, 5.41) is 56.9. The highest BCUT2D eigenvalue weighted by Gasteiger charge is 2.43. The summed E-state index contributed by atoms with van der Waals surface area (Å²) in [5.74, 6) is -2.68. The number of hydrogen-bond acceptors (Lipinski definition) is 6. The first-order valence-corrected chi connectivity index (χ1v) is 8.47. The van der Waals surface area contributed by atoms with E-state index in [2.05, 4.69) is 0 Å². The Balaban J connectivity index is 3.74. The fraction of sp³-hybridized carbons (Fsp3) is 1.00. The molecule has 0 saturated carbocycles. The monoisotopic (exact) mass is 322 g/mol. The molecule has 6 N–H and O–H groups in total. The van der Waals surface area contributed by atoms with Gasteiger partial charge in [-0.3, -0.25) is 0 Å². The zero-order chi connectivity index (χ0) is 17.0. The Morgan fingerprint density at radius 1 is 0.773 bits per heavy atom. The van der Waals surface area contributed by atoms with E-state index in [9.17, 15) is 25.5 Å². The lowest BCUT2D eigenvalue weighted by atomic mass is 9.94. The standard InChI is InChI=1S/C16H34O6/c1-2-14(19)16(21,22)15(20)13(18)11-9-7-5-3-4-6-8-10-12-17/h13-15,17-22H,2-12H2,1H3. The number of rotatable bonds is 14. The molecule has 0 aromatic heterocycles. The fourth-order valence-electron chi connectivity index (χ4n) is 2.46. The fourth-order valence-corrected chi connectivity index (χ4v) is 2.46. The van der Waals surface area contributed by atoms with Gasteiger partial charge in [-0.25, -0.2) is 0 Å². The Bertz CT molecular complexity index is 259. The highest BCUT2D eigenvalue weighted by Crippen LogP contribution is 2.21. The quantitative estimate of drug-likeness (QED) is 0.206. The normalized spacial score (nSPS) is 16.5. The Labute approximate surface area is 133 Å². The zero-order valence-corrected chi connectivity index (χ0v) is 13.7. The Hall–Kier alpha value is -0.240. The molecule has 0 amide bonds. The third kappa shape index (κ3) is 8.41. The molecule has 0 radical (unpaired) electrons. The van der Waals surface area contributed by atoms with Gasteiger partial charge in [0.15, 0.2) is 0 Å². The van der Waals surface area contributed by atoms with Crippen molar-refractivity contribution in [1.82, 2.24) is 0 Å². The number of aliphatic hydroxyl groups excluding tert-OH is 4. The highest BCUT2D eigenvalue weighted by atomic mass is 16.5. The van der Waals surface area contributed by atoms with Crippen LogP contribution in [0.3, 0.4) is 0 Å². The third-order valence-corrected chi connectivity index (χ3v) is 4.08. The largest absolute Gasteiger partial charge is 0.396 e. The molecule has 0 aliphatic rings. The summed E-state index contributed by atoms with van der Waals surface area (Å²) >= 11 is 0. The van der Waals surface area contributed by atoms with Crippen molar-refractivity contribution in [2.24, 2.45) is 0 Å². The summed E-state index contributed by atoms with van der Waals surface area (Å²) in [6.45, 7) is 1.82. The van der Waals surface area contributed by atoms with Gasteiger partial charge in [0.05, 0.1) is 6.10 Å². The predicted molar refractivity (Wildman–Crippen MR) is 84.1 cm³/mol. The van der Waals surface area contributed by atoms with E-state index in [1.807, 2.05) is 0 Å². The number of aliphatic hydroxyl groups is 6. The summed E-state index contributed by atoms with van der Waals surface area (Å²) in [7, 11) is 0. The van der Waals surface area contributed by atoms with Gasteiger partial charge in [0.2, 0.25) is 5.79 Å². The second-order valence-electron chi connectivity index (χ2n) is 6.06. The number of hydrogen-bond donors (Lipinski definition) is 6. The maximum Gasteiger partial charge on any atom is 0.219 e. The second-order valence-corrected chi connectivity index (χ2v) is 6.06. The van der Waals surface area contributed by atoms with Crippen molar-refractivity contribution in [1.29, 1.82) is 0 Å². The molecule has 0 saturated heterocycles. The minimum atomic E-state index is -2.68. The van der Waals surface area contributed by atoms with Crippen LogP contribution in [-0.2, 0) is 0 Å². The van der Waals surface area contributed by atoms with E-state index < -0.39 is 24.1 Å². The maximum atomic E-state index is 9.79. The molecule has 0 heterocycles. The van der Waals surface area contributed by atoms with Crippen LogP contribution in [0.5, 0.6) is 0 Å². The molecule has 0 aliphatic carbocycles. The van der Waals surface area contributed by atoms with E-state index in [0.717, 1.165) is 44.9 Å². The van der Waals surface area contributed by atoms with E-state index in [1.165, 1.54) is 0 Å². The predicted octanol–water partition coefficient (Wildman–Crippen LogP) is 0.663. The van der Waals surface area contributed by atoms with Crippen LogP contribution in [0.25, 0.3) is 0 Å². The molecule has 6 nitrogen and oxygen atoms in total. The summed E-state index contributed by atoms with van der Waals surface area (Å²) in [5.41, 5.74) is 0. The second kappa shape index (κ2) is 12.2. The molecule has 0 spiro atoms. The van der Waals surface area contributed by atoms with Crippen LogP contribution < -0.4 is 0 Å². The topological polar surface area (TPSA) is 121 Å². The van der Waals surface area contributed by atoms with E-state index in [1.54, 1.807) is 6.92 Å². The SMILES string of the molecule is CCC(O)C(O)(O)C(O)C(O)CCCCCCCCCCO. The van der Waals surface area contributed by atoms with Crippen molar-refractivity contribution < 1.29 is 30.6 Å². The van der Waals surface area contributed by atoms with Gasteiger partial charge in [-0.05, 0) is 19.3 Å². The van der Waals surface area contributed by atoms with Gasteiger partial charge < -0.3 is 30.6 Å². The molecular formula is C16H34O6. The van der Waals surface area contributed by atoms with Gasteiger partial charge >= 0.3 is 0 Å². The molecule has 3 unspecified atom stereocenters. The molecule has 0 rings (SSSR count). The molecule has 0 aliphatic heterocycles. The van der Waals surface area contributed by atoms with Crippen molar-refractivity contribution in [3.05, 3.63) is 0 Å². The van der Waals surface area contributed by atoms with Crippen LogP contribution in [0.2, 0.25) is 0 Å². The van der Waals surface area contributed by atoms with Crippen molar-refractivity contribution in [3.63, 3.8) is 0 Å². The van der Waals surface area contributed by atoms with Crippen LogP contribution in [0.1, 0.15) is 71.1 Å². The molecule has 0 fully saturated rings. The van der Waals surface area contributed by atoms with Crippen LogP contribution in [0.15, 0.2) is 0 Å². The van der Waals surface area contributed by atoms with Gasteiger partial charge in [-0.1, -0.05) is 51.9 Å². The minimum absolute atomic E-state index is 0.0764. The zero-order valence-electron chi connectivity index (χ0n) is 13.7. The maximum absolute atomic E-state index is 9.79. The minimum Gasteiger partial charge on any atom is -0.396 e. The van der Waals surface area contributed by atoms with Crippen LogP contribution in [0.4, 0.5) is 0 Å². The smallest absolute Gasteiger partial charge is 0.219 e. The van der Waals surface area contributed by atoms with Gasteiger partial charge in [0.1, 0.15) is 12.2 Å². The van der Waals surface area contributed by atoms with Crippen molar-refractivity contribution >= 4 is 0 Å². The van der Waals surface area contributed by atoms with E-state index >= 15 is 0 Å². The average Bonchev–Trinajstić information content (AvgIpc) is 2.51. The first-order chi connectivity index (χ1) is 10.4. The summed E-state index contributed by atoms with van der Waals surface area (Å²) in [4.78, 5) is 0. The van der Waals surface area contributed by atoms with Crippen LogP contribution in [-0.4, -0.2) is 61.3 Å². The molecule has 22 heavy (non-hydrogen) atoms. The highest BCUT2D eigenvalue weighted by molar-refractivity contribution is 4.86. The van der Waals surface area contributed by atoms with Crippen LogP contribution >= 0.6 is 0 Å².